The van der Waals surface area contributed by atoms with Crippen molar-refractivity contribution in [3.63, 3.8) is 0 Å². The highest BCUT2D eigenvalue weighted by molar-refractivity contribution is 5.71. The highest BCUT2D eigenvalue weighted by Gasteiger charge is 2.43. The summed E-state index contributed by atoms with van der Waals surface area (Å²) in [5.41, 5.74) is 11.1. The lowest BCUT2D eigenvalue weighted by Crippen LogP contribution is -2.45. The molecule has 2 heteroatoms. The van der Waals surface area contributed by atoms with Crippen LogP contribution in [0.3, 0.4) is 0 Å². The Labute approximate surface area is 251 Å². The fourth-order valence-electron chi connectivity index (χ4n) is 7.38. The molecule has 2 aromatic rings. The van der Waals surface area contributed by atoms with E-state index in [0.29, 0.717) is 11.8 Å². The predicted molar refractivity (Wildman–Crippen MR) is 177 cm³/mol. The van der Waals surface area contributed by atoms with Crippen molar-refractivity contribution in [2.24, 2.45) is 17.8 Å². The molecular weight excluding hydrogens is 508 g/mol. The zero-order valence-corrected chi connectivity index (χ0v) is 24.7. The van der Waals surface area contributed by atoms with Gasteiger partial charge in [0.05, 0.1) is 11.7 Å². The predicted octanol–water partition coefficient (Wildman–Crippen LogP) is 10.1. The summed E-state index contributed by atoms with van der Waals surface area (Å²) in [6.07, 6.45) is 32.4. The lowest BCUT2D eigenvalue weighted by Gasteiger charge is -2.49. The molecule has 0 heterocycles. The van der Waals surface area contributed by atoms with E-state index in [-0.39, 0.29) is 12.0 Å². The zero-order chi connectivity index (χ0) is 28.5. The molecule has 5 aliphatic carbocycles. The Morgan fingerprint density at radius 1 is 0.667 bits per heavy atom. The number of nitrogens with zero attached hydrogens (tertiary/aromatic N) is 2. The zero-order valence-electron chi connectivity index (χ0n) is 24.7. The van der Waals surface area contributed by atoms with Crippen LogP contribution in [0.4, 0.5) is 11.4 Å². The van der Waals surface area contributed by atoms with Crippen LogP contribution in [0.1, 0.15) is 39.5 Å². The monoisotopic (exact) mass is 548 g/mol. The van der Waals surface area contributed by atoms with Crippen LogP contribution in [0.5, 0.6) is 0 Å². The minimum absolute atomic E-state index is 0.142. The van der Waals surface area contributed by atoms with Crippen molar-refractivity contribution in [1.29, 1.82) is 0 Å². The number of anilines is 2. The van der Waals surface area contributed by atoms with E-state index >= 15 is 0 Å². The maximum absolute atomic E-state index is 2.68. The number of rotatable bonds is 6. The first-order valence-electron chi connectivity index (χ1n) is 15.6. The quantitative estimate of drug-likeness (QED) is 0.354. The second-order valence-electron chi connectivity index (χ2n) is 12.1. The number of para-hydroxylation sites is 2. The third-order valence-electron chi connectivity index (χ3n) is 9.35. The molecule has 0 spiro atoms. The van der Waals surface area contributed by atoms with Crippen molar-refractivity contribution in [3.8, 4) is 0 Å². The number of allylic oxidation sites excluding steroid dienone is 13. The molecule has 0 saturated heterocycles. The molecule has 4 atom stereocenters. The highest BCUT2D eigenvalue weighted by atomic mass is 15.2. The Kier molecular flexibility index (Phi) is 7.30. The molecule has 0 bridgehead atoms. The van der Waals surface area contributed by atoms with Crippen molar-refractivity contribution in [2.75, 3.05) is 4.90 Å². The van der Waals surface area contributed by atoms with E-state index < -0.39 is 0 Å². The molecule has 0 fully saturated rings. The first kappa shape index (κ1) is 26.6. The van der Waals surface area contributed by atoms with Gasteiger partial charge in [0, 0.05) is 34.6 Å². The summed E-state index contributed by atoms with van der Waals surface area (Å²) in [6, 6.07) is 22.1. The summed E-state index contributed by atoms with van der Waals surface area (Å²) in [5.74, 6) is 1.08. The van der Waals surface area contributed by atoms with E-state index in [1.54, 1.807) is 0 Å². The average molecular weight is 549 g/mol. The van der Waals surface area contributed by atoms with E-state index in [1.165, 1.54) is 45.2 Å². The number of hydrogen-bond acceptors (Lipinski definition) is 2. The van der Waals surface area contributed by atoms with Gasteiger partial charge in [0.1, 0.15) is 0 Å². The highest BCUT2D eigenvalue weighted by Crippen LogP contribution is 2.51. The van der Waals surface area contributed by atoms with E-state index in [2.05, 4.69) is 157 Å². The molecule has 0 aromatic heterocycles. The SMILES string of the molecule is CC1CC=CC=C1N(C1=CC=CCC1)C1=C2C=CC=CC2C(N(c2ccccc2)c2ccccc2)C2=C1C(C)CC=C2. The maximum atomic E-state index is 2.68. The molecule has 0 aliphatic heterocycles. The summed E-state index contributed by atoms with van der Waals surface area (Å²) >= 11 is 0. The molecule has 7 rings (SSSR count). The number of benzene rings is 2. The van der Waals surface area contributed by atoms with Crippen molar-refractivity contribution in [3.05, 3.63) is 167 Å². The van der Waals surface area contributed by atoms with Crippen molar-refractivity contribution >= 4 is 11.4 Å². The summed E-state index contributed by atoms with van der Waals surface area (Å²) in [7, 11) is 0. The number of fused-ring (bicyclic) bond motifs is 1. The molecule has 42 heavy (non-hydrogen) atoms. The van der Waals surface area contributed by atoms with Crippen molar-refractivity contribution < 1.29 is 0 Å². The van der Waals surface area contributed by atoms with Crippen LogP contribution in [-0.4, -0.2) is 10.9 Å². The second-order valence-corrected chi connectivity index (χ2v) is 12.1. The smallest absolute Gasteiger partial charge is 0.0699 e. The molecule has 210 valence electrons. The van der Waals surface area contributed by atoms with E-state index in [4.69, 9.17) is 0 Å². The maximum Gasteiger partial charge on any atom is 0.0699 e. The largest absolute Gasteiger partial charge is 0.333 e. The van der Waals surface area contributed by atoms with Crippen LogP contribution in [0, 0.1) is 17.8 Å². The Balaban J connectivity index is 1.49. The van der Waals surface area contributed by atoms with Gasteiger partial charge in [0.15, 0.2) is 0 Å². The molecule has 2 aromatic carbocycles. The minimum atomic E-state index is 0.142. The summed E-state index contributed by atoms with van der Waals surface area (Å²) in [6.45, 7) is 4.82. The summed E-state index contributed by atoms with van der Waals surface area (Å²) in [4.78, 5) is 5.26. The van der Waals surface area contributed by atoms with E-state index in [0.717, 1.165) is 25.7 Å². The Morgan fingerprint density at radius 2 is 1.38 bits per heavy atom. The molecule has 5 aliphatic rings. The standard InChI is InChI=1S/C40H40N2/c1-29-17-12-15-28-37(29)42(33-23-10-5-11-24-33)40-35-26-14-13-25-34(35)39(36-27-16-18-30(2)38(36)40)41(31-19-6-3-7-20-31)32-21-8-4-9-22-32/h3-10,12-16,19-23,25-30,34,39H,11,17-18,24H2,1-2H3. The number of hydrogen-bond donors (Lipinski definition) is 0. The van der Waals surface area contributed by atoms with Gasteiger partial charge in [-0.05, 0) is 84.7 Å². The van der Waals surface area contributed by atoms with Crippen molar-refractivity contribution in [1.82, 2.24) is 4.90 Å². The summed E-state index contributed by atoms with van der Waals surface area (Å²) < 4.78 is 0. The minimum Gasteiger partial charge on any atom is -0.333 e. The van der Waals surface area contributed by atoms with Gasteiger partial charge in [-0.15, -0.1) is 0 Å². The van der Waals surface area contributed by atoms with Gasteiger partial charge < -0.3 is 9.80 Å². The molecule has 4 unspecified atom stereocenters. The average Bonchev–Trinajstić information content (AvgIpc) is 3.05. The van der Waals surface area contributed by atoms with Gasteiger partial charge in [-0.2, -0.15) is 0 Å². The van der Waals surface area contributed by atoms with Crippen LogP contribution in [-0.2, 0) is 0 Å². The van der Waals surface area contributed by atoms with Gasteiger partial charge in [-0.25, -0.2) is 0 Å². The van der Waals surface area contributed by atoms with Crippen molar-refractivity contribution in [2.45, 2.75) is 45.6 Å². The van der Waals surface area contributed by atoms with Crippen LogP contribution < -0.4 is 4.90 Å². The van der Waals surface area contributed by atoms with E-state index in [9.17, 15) is 0 Å². The lowest BCUT2D eigenvalue weighted by atomic mass is 9.69. The van der Waals surface area contributed by atoms with Gasteiger partial charge >= 0.3 is 0 Å². The molecule has 0 radical (unpaired) electrons. The van der Waals surface area contributed by atoms with Gasteiger partial charge in [-0.1, -0.05) is 111 Å². The molecule has 0 saturated carbocycles. The normalized spacial score (nSPS) is 26.0. The van der Waals surface area contributed by atoms with Gasteiger partial charge in [0.25, 0.3) is 0 Å². The topological polar surface area (TPSA) is 6.48 Å². The van der Waals surface area contributed by atoms with Crippen LogP contribution in [0.25, 0.3) is 0 Å². The first-order chi connectivity index (χ1) is 20.7. The molecule has 0 amide bonds. The summed E-state index contributed by atoms with van der Waals surface area (Å²) in [5, 5.41) is 0. The molecular formula is C40H40N2. The lowest BCUT2D eigenvalue weighted by molar-refractivity contribution is 0.405. The fraction of sp³-hybridized carbons (Fsp3) is 0.250. The third kappa shape index (κ3) is 4.69. The van der Waals surface area contributed by atoms with Crippen LogP contribution in [0.15, 0.2) is 167 Å². The Morgan fingerprint density at radius 3 is 2.07 bits per heavy atom. The van der Waals surface area contributed by atoms with E-state index in [1.807, 2.05) is 0 Å². The molecule has 0 N–H and O–H groups in total. The Bertz CT molecular complexity index is 1570. The molecule has 2 nitrogen and oxygen atoms in total. The van der Waals surface area contributed by atoms with Crippen LogP contribution >= 0.6 is 0 Å². The van der Waals surface area contributed by atoms with Gasteiger partial charge in [0.2, 0.25) is 0 Å². The fourth-order valence-corrected chi connectivity index (χ4v) is 7.38. The second kappa shape index (κ2) is 11.5. The third-order valence-corrected chi connectivity index (χ3v) is 9.35. The van der Waals surface area contributed by atoms with Crippen LogP contribution in [0.2, 0.25) is 0 Å². The Hall–Kier alpha value is -4.30. The first-order valence-corrected chi connectivity index (χ1v) is 15.6. The van der Waals surface area contributed by atoms with Gasteiger partial charge in [-0.3, -0.25) is 0 Å².